The number of benzene rings is 7. The van der Waals surface area contributed by atoms with Crippen LogP contribution in [0.2, 0.25) is 0 Å². The maximum absolute atomic E-state index is 10.0. The summed E-state index contributed by atoms with van der Waals surface area (Å²) in [5.74, 6) is 0.691. The van der Waals surface area contributed by atoms with Crippen LogP contribution in [-0.2, 0) is 0 Å². The predicted molar refractivity (Wildman–Crippen MR) is 237 cm³/mol. The minimum absolute atomic E-state index is 0.419. The summed E-state index contributed by atoms with van der Waals surface area (Å²) < 4.78 is 4.36. The average molecular weight is 763 g/mol. The van der Waals surface area contributed by atoms with Crippen LogP contribution in [0, 0.1) is 42.4 Å². The molecule has 10 aromatic rings. The SMILES string of the molecule is [C-]#[N+]c1cccc(-c2cc(-n3c4ccccc4c4cc(-c5ccc(C#N)cc5[N+]#[C-])ccc43)ncc2-n2c3ccccc3c3cc(-c4ccc([N+]#[C-])cc4C#N)ccc32)c1. The van der Waals surface area contributed by atoms with Crippen LogP contribution in [0.25, 0.3) is 103 Å². The van der Waals surface area contributed by atoms with Crippen LogP contribution < -0.4 is 0 Å². The molecule has 0 saturated heterocycles. The first-order valence-electron chi connectivity index (χ1n) is 18.9. The van der Waals surface area contributed by atoms with Gasteiger partial charge in [-0.05, 0) is 94.5 Å². The van der Waals surface area contributed by atoms with E-state index in [1.165, 1.54) is 0 Å². The fourth-order valence-corrected chi connectivity index (χ4v) is 8.38. The third-order valence-electron chi connectivity index (χ3n) is 11.1. The lowest BCUT2D eigenvalue weighted by Crippen LogP contribution is -2.03. The number of pyridine rings is 1. The summed E-state index contributed by atoms with van der Waals surface area (Å²) >= 11 is 0. The average Bonchev–Trinajstić information content (AvgIpc) is 3.83. The van der Waals surface area contributed by atoms with Crippen molar-refractivity contribution in [3.05, 3.63) is 203 Å². The zero-order valence-electron chi connectivity index (χ0n) is 31.6. The van der Waals surface area contributed by atoms with Gasteiger partial charge in [0.1, 0.15) is 5.82 Å². The molecule has 0 spiro atoms. The third-order valence-corrected chi connectivity index (χ3v) is 11.1. The van der Waals surface area contributed by atoms with Gasteiger partial charge in [-0.15, -0.1) is 0 Å². The number of nitrogens with zero attached hydrogens (tertiary/aromatic N) is 8. The van der Waals surface area contributed by atoms with Gasteiger partial charge in [0.15, 0.2) is 17.1 Å². The minimum Gasteiger partial charge on any atom is -0.307 e. The van der Waals surface area contributed by atoms with E-state index in [0.29, 0.717) is 34.0 Å². The Balaban J connectivity index is 1.21. The van der Waals surface area contributed by atoms with E-state index in [4.69, 9.17) is 24.7 Å². The van der Waals surface area contributed by atoms with Crippen molar-refractivity contribution in [3.63, 3.8) is 0 Å². The second-order valence-electron chi connectivity index (χ2n) is 14.3. The Labute approximate surface area is 344 Å². The Hall–Kier alpha value is -9.26. The zero-order chi connectivity index (χ0) is 40.9. The molecule has 60 heavy (non-hydrogen) atoms. The van der Waals surface area contributed by atoms with E-state index in [9.17, 15) is 10.5 Å². The Morgan fingerprint density at radius 3 is 1.77 bits per heavy atom. The normalized spacial score (nSPS) is 10.9. The molecule has 0 bridgehead atoms. The molecular weight excluding hydrogens is 737 g/mol. The molecule has 10 rings (SSSR count). The van der Waals surface area contributed by atoms with Crippen molar-refractivity contribution in [1.82, 2.24) is 14.1 Å². The van der Waals surface area contributed by atoms with Crippen LogP contribution in [0.3, 0.4) is 0 Å². The lowest BCUT2D eigenvalue weighted by Gasteiger charge is -2.17. The lowest BCUT2D eigenvalue weighted by atomic mass is 9.98. The maximum Gasteiger partial charge on any atom is 0.196 e. The van der Waals surface area contributed by atoms with E-state index in [0.717, 1.165) is 82.7 Å². The van der Waals surface area contributed by atoms with Crippen molar-refractivity contribution in [3.8, 4) is 57.0 Å². The Kier molecular flexibility index (Phi) is 8.23. The fraction of sp³-hybridized carbons (Fsp3) is 0. The van der Waals surface area contributed by atoms with Gasteiger partial charge in [-0.2, -0.15) is 10.5 Å². The summed E-state index contributed by atoms with van der Waals surface area (Å²) in [6, 6.07) is 53.3. The van der Waals surface area contributed by atoms with Crippen molar-refractivity contribution in [2.24, 2.45) is 0 Å². The molecule has 0 fully saturated rings. The molecule has 0 atom stereocenters. The highest BCUT2D eigenvalue weighted by molar-refractivity contribution is 6.12. The largest absolute Gasteiger partial charge is 0.307 e. The number of hydrogen-bond acceptors (Lipinski definition) is 3. The zero-order valence-corrected chi connectivity index (χ0v) is 31.6. The van der Waals surface area contributed by atoms with Crippen LogP contribution in [0.1, 0.15) is 11.1 Å². The molecule has 0 saturated carbocycles. The summed E-state index contributed by atoms with van der Waals surface area (Å²) in [6.45, 7) is 23.1. The Morgan fingerprint density at radius 1 is 0.467 bits per heavy atom. The molecule has 0 amide bonds. The van der Waals surface area contributed by atoms with Gasteiger partial charge in [0.2, 0.25) is 0 Å². The van der Waals surface area contributed by atoms with E-state index >= 15 is 0 Å². The number of nitriles is 2. The number of aromatic nitrogens is 3. The number of hydrogen-bond donors (Lipinski definition) is 0. The van der Waals surface area contributed by atoms with Crippen LogP contribution in [0.5, 0.6) is 0 Å². The van der Waals surface area contributed by atoms with Crippen LogP contribution in [-0.4, -0.2) is 14.1 Å². The van der Waals surface area contributed by atoms with Gasteiger partial charge in [-0.25, -0.2) is 19.5 Å². The molecule has 3 aromatic heterocycles. The van der Waals surface area contributed by atoms with Crippen molar-refractivity contribution < 1.29 is 0 Å². The van der Waals surface area contributed by atoms with E-state index in [1.807, 2.05) is 72.9 Å². The minimum atomic E-state index is 0.419. The predicted octanol–water partition coefficient (Wildman–Crippen LogP) is 13.7. The summed E-state index contributed by atoms with van der Waals surface area (Å²) in [4.78, 5) is 16.2. The topological polar surface area (TPSA) is 83.4 Å². The maximum atomic E-state index is 10.0. The van der Waals surface area contributed by atoms with E-state index in [2.05, 4.69) is 90.4 Å². The second kappa shape index (κ2) is 14.0. The van der Waals surface area contributed by atoms with Gasteiger partial charge in [0, 0.05) is 38.2 Å². The van der Waals surface area contributed by atoms with Gasteiger partial charge in [-0.3, -0.25) is 4.57 Å². The van der Waals surface area contributed by atoms with Gasteiger partial charge < -0.3 is 4.57 Å². The van der Waals surface area contributed by atoms with Gasteiger partial charge in [0.25, 0.3) is 0 Å². The standard InChI is InChI=1S/C52H26N8/c1-55-37-10-8-9-33(24-37)43-28-52(60-48-14-7-5-12-42(48)45-27-35(17-22-50(45)60)40-19-15-32(29-53)23-46(40)57-3)58-31-51(43)59-47-13-6-4-11-41(47)44-26-34(16-21-49(44)59)39-20-18-38(56-2)25-36(39)30-54/h4-28,31H. The summed E-state index contributed by atoms with van der Waals surface area (Å²) in [5, 5.41) is 23.5. The van der Waals surface area contributed by atoms with E-state index in [-0.39, 0.29) is 0 Å². The van der Waals surface area contributed by atoms with Crippen LogP contribution >= 0.6 is 0 Å². The third kappa shape index (κ3) is 5.53. The van der Waals surface area contributed by atoms with Crippen molar-refractivity contribution in [2.75, 3.05) is 0 Å². The number of fused-ring (bicyclic) bond motifs is 6. The molecule has 7 aromatic carbocycles. The van der Waals surface area contributed by atoms with Gasteiger partial charge >= 0.3 is 0 Å². The van der Waals surface area contributed by atoms with Crippen molar-refractivity contribution in [1.29, 1.82) is 10.5 Å². The molecule has 8 heteroatoms. The molecule has 8 nitrogen and oxygen atoms in total. The van der Waals surface area contributed by atoms with Crippen molar-refractivity contribution >= 4 is 60.7 Å². The molecule has 0 aliphatic heterocycles. The second-order valence-corrected chi connectivity index (χ2v) is 14.3. The Bertz CT molecular complexity index is 3680. The smallest absolute Gasteiger partial charge is 0.196 e. The molecule has 0 aliphatic rings. The molecule has 274 valence electrons. The quantitative estimate of drug-likeness (QED) is 0.164. The van der Waals surface area contributed by atoms with Crippen molar-refractivity contribution in [2.45, 2.75) is 0 Å². The molecule has 0 unspecified atom stereocenters. The Morgan fingerprint density at radius 2 is 1.08 bits per heavy atom. The van der Waals surface area contributed by atoms with Gasteiger partial charge in [-0.1, -0.05) is 84.9 Å². The summed E-state index contributed by atoms with van der Waals surface area (Å²) in [6.07, 6.45) is 1.90. The van der Waals surface area contributed by atoms with Gasteiger partial charge in [0.05, 0.1) is 65.8 Å². The fourth-order valence-electron chi connectivity index (χ4n) is 8.38. The van der Waals surface area contributed by atoms with E-state index < -0.39 is 0 Å². The first-order valence-corrected chi connectivity index (χ1v) is 18.9. The van der Waals surface area contributed by atoms with Crippen LogP contribution in [0.4, 0.5) is 17.1 Å². The lowest BCUT2D eigenvalue weighted by molar-refractivity contribution is 1.06. The summed E-state index contributed by atoms with van der Waals surface area (Å²) in [5.41, 5.74) is 11.9. The molecule has 0 N–H and O–H groups in total. The molecule has 0 aliphatic carbocycles. The summed E-state index contributed by atoms with van der Waals surface area (Å²) in [7, 11) is 0. The highest BCUT2D eigenvalue weighted by Gasteiger charge is 2.21. The number of rotatable bonds is 5. The molecular formula is C52H26N8. The van der Waals surface area contributed by atoms with Crippen LogP contribution in [0.15, 0.2) is 158 Å². The highest BCUT2D eigenvalue weighted by atomic mass is 15.1. The highest BCUT2D eigenvalue weighted by Crippen LogP contribution is 2.42. The number of para-hydroxylation sites is 2. The first-order chi connectivity index (χ1) is 29.5. The molecule has 3 heterocycles. The van der Waals surface area contributed by atoms with E-state index in [1.54, 1.807) is 30.3 Å². The monoisotopic (exact) mass is 762 g/mol. The molecule has 0 radical (unpaired) electrons. The first kappa shape index (κ1) is 35.2.